The highest BCUT2D eigenvalue weighted by molar-refractivity contribution is 5.98. The monoisotopic (exact) mass is 587 g/mol. The molecule has 1 aromatic heterocycles. The van der Waals surface area contributed by atoms with E-state index in [0.29, 0.717) is 44.0 Å². The van der Waals surface area contributed by atoms with Gasteiger partial charge in [-0.1, -0.05) is 86.6 Å². The molecule has 2 atom stereocenters. The average Bonchev–Trinajstić information content (AvgIpc) is 3.32. The van der Waals surface area contributed by atoms with Crippen LogP contribution in [0.25, 0.3) is 11.1 Å². The first-order chi connectivity index (χ1) is 21.2. The summed E-state index contributed by atoms with van der Waals surface area (Å²) < 4.78 is 1.76. The Morgan fingerprint density at radius 3 is 2.20 bits per heavy atom. The third-order valence-electron chi connectivity index (χ3n) is 9.69. The van der Waals surface area contributed by atoms with Gasteiger partial charge in [-0.05, 0) is 40.7 Å². The van der Waals surface area contributed by atoms with Crippen LogP contribution in [0.4, 0.5) is 5.69 Å². The van der Waals surface area contributed by atoms with E-state index in [1.54, 1.807) is 22.0 Å². The van der Waals surface area contributed by atoms with E-state index >= 15 is 0 Å². The molecule has 0 radical (unpaired) electrons. The van der Waals surface area contributed by atoms with Crippen LogP contribution in [0, 0.1) is 22.7 Å². The van der Waals surface area contributed by atoms with E-state index in [4.69, 9.17) is 0 Å². The van der Waals surface area contributed by atoms with Crippen molar-refractivity contribution < 1.29 is 14.4 Å². The molecule has 1 spiro atoms. The smallest absolute Gasteiger partial charge is 0.257 e. The molecule has 3 fully saturated rings. The molecule has 0 unspecified atom stereocenters. The summed E-state index contributed by atoms with van der Waals surface area (Å²) in [5.41, 5.74) is 3.96. The van der Waals surface area contributed by atoms with E-state index in [2.05, 4.69) is 24.3 Å². The lowest BCUT2D eigenvalue weighted by molar-refractivity contribution is -0.150. The number of nitrogens with one attached hydrogen (secondary N) is 1. The number of anilines is 1. The fourth-order valence-electron chi connectivity index (χ4n) is 6.93. The summed E-state index contributed by atoms with van der Waals surface area (Å²) >= 11 is 0. The molecule has 4 aromatic rings. The molecule has 2 saturated heterocycles. The van der Waals surface area contributed by atoms with Gasteiger partial charge in [-0.3, -0.25) is 19.1 Å². The lowest BCUT2D eigenvalue weighted by atomic mass is 9.71. The minimum atomic E-state index is -0.481. The fourth-order valence-corrected chi connectivity index (χ4v) is 6.93. The molecule has 8 heteroatoms. The van der Waals surface area contributed by atoms with Crippen molar-refractivity contribution >= 4 is 23.4 Å². The van der Waals surface area contributed by atoms with E-state index in [9.17, 15) is 14.4 Å². The zero-order valence-electron chi connectivity index (χ0n) is 25.1. The van der Waals surface area contributed by atoms with Crippen molar-refractivity contribution in [2.24, 2.45) is 22.7 Å². The lowest BCUT2D eigenvalue weighted by Gasteiger charge is -2.50. The number of carbonyl (C=O) groups is 3. The Hall–Kier alpha value is -4.72. The Morgan fingerprint density at radius 2 is 1.50 bits per heavy atom. The lowest BCUT2D eigenvalue weighted by Crippen LogP contribution is -2.64. The van der Waals surface area contributed by atoms with Crippen LogP contribution < -0.4 is 5.32 Å². The summed E-state index contributed by atoms with van der Waals surface area (Å²) in [5, 5.41) is 7.57. The van der Waals surface area contributed by atoms with Crippen molar-refractivity contribution in [1.82, 2.24) is 19.6 Å². The second-order valence-electron chi connectivity index (χ2n) is 13.4. The SMILES string of the molecule is CC1(C)C[C@@H]1C(=O)N1CC2(CN(C(=O)c3cnn(Cc4ccccc4)c3)C[C@H]2C(=O)Nc2cccc(-c3ccccc3)c2)C1. The summed E-state index contributed by atoms with van der Waals surface area (Å²) in [5.74, 6) is -0.491. The maximum Gasteiger partial charge on any atom is 0.257 e. The maximum atomic E-state index is 13.9. The summed E-state index contributed by atoms with van der Waals surface area (Å²) in [7, 11) is 0. The highest BCUT2D eigenvalue weighted by Gasteiger charge is 2.61. The number of hydrogen-bond donors (Lipinski definition) is 1. The van der Waals surface area contributed by atoms with Crippen molar-refractivity contribution in [2.75, 3.05) is 31.5 Å². The van der Waals surface area contributed by atoms with E-state index < -0.39 is 11.3 Å². The molecule has 3 aliphatic rings. The summed E-state index contributed by atoms with van der Waals surface area (Å²) in [4.78, 5) is 44.6. The van der Waals surface area contributed by atoms with Gasteiger partial charge >= 0.3 is 0 Å². The van der Waals surface area contributed by atoms with Crippen LogP contribution >= 0.6 is 0 Å². The predicted molar refractivity (Wildman–Crippen MR) is 169 cm³/mol. The van der Waals surface area contributed by atoms with Crippen molar-refractivity contribution in [2.45, 2.75) is 26.8 Å². The summed E-state index contributed by atoms with van der Waals surface area (Å²) in [6.07, 6.45) is 4.27. The van der Waals surface area contributed by atoms with Gasteiger partial charge in [-0.25, -0.2) is 0 Å². The van der Waals surface area contributed by atoms with Crippen LogP contribution in [0.1, 0.15) is 36.2 Å². The highest BCUT2D eigenvalue weighted by atomic mass is 16.2. The van der Waals surface area contributed by atoms with Gasteiger partial charge in [0.15, 0.2) is 0 Å². The average molecular weight is 588 g/mol. The van der Waals surface area contributed by atoms with Gasteiger partial charge in [0.05, 0.1) is 24.2 Å². The molecule has 8 nitrogen and oxygen atoms in total. The number of carbonyl (C=O) groups excluding carboxylic acids is 3. The molecule has 3 heterocycles. The number of hydrogen-bond acceptors (Lipinski definition) is 4. The van der Waals surface area contributed by atoms with Gasteiger partial charge in [0, 0.05) is 49.4 Å². The van der Waals surface area contributed by atoms with Gasteiger partial charge in [-0.15, -0.1) is 0 Å². The topological polar surface area (TPSA) is 87.5 Å². The molecule has 3 aromatic carbocycles. The Bertz CT molecular complexity index is 1710. The zero-order chi connectivity index (χ0) is 30.5. The van der Waals surface area contributed by atoms with Gasteiger partial charge in [0.1, 0.15) is 0 Å². The number of rotatable bonds is 7. The molecule has 0 bridgehead atoms. The third kappa shape index (κ3) is 5.29. The van der Waals surface area contributed by atoms with Gasteiger partial charge in [0.2, 0.25) is 11.8 Å². The normalized spacial score (nSPS) is 21.1. The first-order valence-electron chi connectivity index (χ1n) is 15.3. The third-order valence-corrected chi connectivity index (χ3v) is 9.69. The first-order valence-corrected chi connectivity index (χ1v) is 15.3. The molecule has 1 aliphatic carbocycles. The largest absolute Gasteiger partial charge is 0.341 e. The minimum Gasteiger partial charge on any atom is -0.341 e. The molecule has 1 N–H and O–H groups in total. The second-order valence-corrected chi connectivity index (χ2v) is 13.4. The first kappa shape index (κ1) is 28.1. The predicted octanol–water partition coefficient (Wildman–Crippen LogP) is 5.18. The zero-order valence-corrected chi connectivity index (χ0v) is 25.1. The number of benzene rings is 3. The highest BCUT2D eigenvalue weighted by Crippen LogP contribution is 2.54. The number of likely N-dealkylation sites (tertiary alicyclic amines) is 2. The second kappa shape index (κ2) is 10.8. The Balaban J connectivity index is 1.09. The van der Waals surface area contributed by atoms with Gasteiger partial charge in [-0.2, -0.15) is 5.10 Å². The Labute approximate surface area is 257 Å². The van der Waals surface area contributed by atoms with Crippen LogP contribution in [-0.2, 0) is 16.1 Å². The van der Waals surface area contributed by atoms with Crippen LogP contribution in [-0.4, -0.2) is 63.5 Å². The quantitative estimate of drug-likeness (QED) is 0.323. The standard InChI is InChI=1S/C36H37N5O3/c1-35(2)17-30(35)34(44)40-23-36(24-40)22-39(33(43)28-18-37-41(20-28)19-25-10-5-3-6-11-25)21-31(36)32(42)38-29-15-9-14-27(16-29)26-12-7-4-8-13-26/h3-16,18,20,30-31H,17,19,21-24H2,1-2H3,(H,38,42)/t30-,31+/m1/s1. The van der Waals surface area contributed by atoms with Gasteiger partial charge in [0.25, 0.3) is 5.91 Å². The molecule has 7 rings (SSSR count). The van der Waals surface area contributed by atoms with Crippen molar-refractivity contribution in [3.8, 4) is 11.1 Å². The molecule has 3 amide bonds. The van der Waals surface area contributed by atoms with Crippen LogP contribution in [0.3, 0.4) is 0 Å². The van der Waals surface area contributed by atoms with E-state index in [1.165, 1.54) is 0 Å². The number of aromatic nitrogens is 2. The van der Waals surface area contributed by atoms with E-state index in [-0.39, 0.29) is 29.1 Å². The molecule has 44 heavy (non-hydrogen) atoms. The Morgan fingerprint density at radius 1 is 0.841 bits per heavy atom. The van der Waals surface area contributed by atoms with Crippen LogP contribution in [0.5, 0.6) is 0 Å². The molecular formula is C36H37N5O3. The van der Waals surface area contributed by atoms with E-state index in [1.807, 2.05) is 89.8 Å². The fraction of sp³-hybridized carbons (Fsp3) is 0.333. The Kier molecular flexibility index (Phi) is 6.87. The summed E-state index contributed by atoms with van der Waals surface area (Å²) in [6, 6.07) is 27.9. The van der Waals surface area contributed by atoms with Crippen LogP contribution in [0.2, 0.25) is 0 Å². The maximum absolute atomic E-state index is 13.9. The summed E-state index contributed by atoms with van der Waals surface area (Å²) in [6.45, 7) is 6.51. The molecule has 1 saturated carbocycles. The van der Waals surface area contributed by atoms with Crippen molar-refractivity contribution in [1.29, 1.82) is 0 Å². The van der Waals surface area contributed by atoms with Crippen LogP contribution in [0.15, 0.2) is 97.3 Å². The van der Waals surface area contributed by atoms with Crippen molar-refractivity contribution in [3.63, 3.8) is 0 Å². The van der Waals surface area contributed by atoms with Gasteiger partial charge < -0.3 is 15.1 Å². The molecule has 2 aliphatic heterocycles. The van der Waals surface area contributed by atoms with Crippen molar-refractivity contribution in [3.05, 3.63) is 108 Å². The molecular weight excluding hydrogens is 550 g/mol. The molecule has 224 valence electrons. The van der Waals surface area contributed by atoms with E-state index in [0.717, 1.165) is 23.1 Å². The number of nitrogens with zero attached hydrogens (tertiary/aromatic N) is 4. The minimum absolute atomic E-state index is 0.0396. The number of amides is 3.